The number of hydrogen-bond donors (Lipinski definition) is 3. The van der Waals surface area contributed by atoms with Crippen molar-refractivity contribution >= 4 is 16.9 Å². The Kier molecular flexibility index (Phi) is 16.3. The first-order valence-electron chi connectivity index (χ1n) is 14.7. The molecule has 1 atom stereocenters. The van der Waals surface area contributed by atoms with E-state index >= 15 is 0 Å². The van der Waals surface area contributed by atoms with E-state index in [0.717, 1.165) is 29.4 Å². The molecular weight excluding hydrogens is 432 g/mol. The summed E-state index contributed by atoms with van der Waals surface area (Å²) in [5, 5.41) is 14.0. The first-order chi connectivity index (χ1) is 17.2. The minimum Gasteiger partial charge on any atom is -0.480 e. The molecule has 0 fully saturated rings. The Bertz CT molecular complexity index is 785. The van der Waals surface area contributed by atoms with Gasteiger partial charge in [0.1, 0.15) is 6.04 Å². The number of H-pyrrole nitrogens is 1. The van der Waals surface area contributed by atoms with Crippen LogP contribution in [0.4, 0.5) is 0 Å². The molecule has 1 aromatic carbocycles. The Labute approximate surface area is 214 Å². The fraction of sp³-hybridized carbons (Fsp3) is 0.710. The highest BCUT2D eigenvalue weighted by Crippen LogP contribution is 2.19. The molecule has 35 heavy (non-hydrogen) atoms. The number of unbranched alkanes of at least 4 members (excludes halogenated alkanes) is 17. The van der Waals surface area contributed by atoms with Crippen LogP contribution in [0.2, 0.25) is 0 Å². The molecule has 0 unspecified atom stereocenters. The number of carboxylic acids is 1. The summed E-state index contributed by atoms with van der Waals surface area (Å²) < 4.78 is 0. The summed E-state index contributed by atoms with van der Waals surface area (Å²) in [5.41, 5.74) is 2.13. The molecule has 0 bridgehead atoms. The van der Waals surface area contributed by atoms with Crippen molar-refractivity contribution in [2.24, 2.45) is 0 Å². The number of aromatic amines is 1. The van der Waals surface area contributed by atoms with E-state index < -0.39 is 12.0 Å². The Hall–Kier alpha value is -1.81. The summed E-state index contributed by atoms with van der Waals surface area (Å²) in [6.45, 7) is 3.06. The predicted octanol–water partition coefficient (Wildman–Crippen LogP) is 8.79. The van der Waals surface area contributed by atoms with Gasteiger partial charge in [-0.1, -0.05) is 134 Å². The third-order valence-electron chi connectivity index (χ3n) is 7.32. The first kappa shape index (κ1) is 29.4. The number of fused-ring (bicyclic) bond motifs is 1. The van der Waals surface area contributed by atoms with E-state index in [4.69, 9.17) is 0 Å². The number of aliphatic carboxylic acids is 1. The van der Waals surface area contributed by atoms with Crippen LogP contribution in [0.15, 0.2) is 30.5 Å². The van der Waals surface area contributed by atoms with Gasteiger partial charge < -0.3 is 15.4 Å². The molecular formula is C31H52N2O2. The normalized spacial score (nSPS) is 12.4. The molecule has 0 aliphatic heterocycles. The zero-order valence-corrected chi connectivity index (χ0v) is 22.5. The quantitative estimate of drug-likeness (QED) is 0.138. The van der Waals surface area contributed by atoms with Crippen molar-refractivity contribution in [2.75, 3.05) is 6.54 Å². The van der Waals surface area contributed by atoms with Crippen LogP contribution in [0.1, 0.15) is 128 Å². The zero-order chi connectivity index (χ0) is 25.0. The molecule has 2 rings (SSSR count). The highest BCUT2D eigenvalue weighted by molar-refractivity contribution is 5.84. The predicted molar refractivity (Wildman–Crippen MR) is 150 cm³/mol. The molecule has 0 aliphatic rings. The molecule has 1 heterocycles. The number of benzene rings is 1. The number of para-hydroxylation sites is 1. The third-order valence-corrected chi connectivity index (χ3v) is 7.32. The fourth-order valence-corrected chi connectivity index (χ4v) is 5.07. The first-order valence-corrected chi connectivity index (χ1v) is 14.7. The van der Waals surface area contributed by atoms with Gasteiger partial charge in [-0.25, -0.2) is 0 Å². The number of carboxylic acid groups (broad SMARTS) is 1. The standard InChI is InChI=1S/C31H52N2O2/c1-2-3-4-5-6-7-8-9-10-11-12-13-14-15-16-17-18-21-24-32-30(31(34)35)25-27-26-33-29-23-20-19-22-28(27)29/h19-20,22-23,26,30,32-33H,2-18,21,24-25H2,1H3,(H,34,35)/t30-/m0/s1. The molecule has 4 heteroatoms. The lowest BCUT2D eigenvalue weighted by Gasteiger charge is -2.14. The van der Waals surface area contributed by atoms with Crippen molar-refractivity contribution in [3.63, 3.8) is 0 Å². The number of carbonyl (C=O) groups is 1. The number of nitrogens with one attached hydrogen (secondary N) is 2. The average molecular weight is 485 g/mol. The topological polar surface area (TPSA) is 65.1 Å². The van der Waals surface area contributed by atoms with Crippen molar-refractivity contribution in [1.29, 1.82) is 0 Å². The van der Waals surface area contributed by atoms with E-state index in [9.17, 15) is 9.90 Å². The van der Waals surface area contributed by atoms with Crippen LogP contribution in [0.3, 0.4) is 0 Å². The Balaban J connectivity index is 1.38. The van der Waals surface area contributed by atoms with Gasteiger partial charge in [-0.15, -0.1) is 0 Å². The van der Waals surface area contributed by atoms with Crippen molar-refractivity contribution in [3.8, 4) is 0 Å². The van der Waals surface area contributed by atoms with Gasteiger partial charge in [0, 0.05) is 23.5 Å². The number of aromatic nitrogens is 1. The van der Waals surface area contributed by atoms with Gasteiger partial charge in [-0.05, 0) is 24.6 Å². The van der Waals surface area contributed by atoms with E-state index in [1.807, 2.05) is 24.4 Å². The van der Waals surface area contributed by atoms with Crippen LogP contribution < -0.4 is 5.32 Å². The lowest BCUT2D eigenvalue weighted by Crippen LogP contribution is -2.39. The molecule has 0 spiro atoms. The van der Waals surface area contributed by atoms with Gasteiger partial charge in [0.05, 0.1) is 0 Å². The highest BCUT2D eigenvalue weighted by atomic mass is 16.4. The van der Waals surface area contributed by atoms with Gasteiger partial charge in [-0.3, -0.25) is 4.79 Å². The maximum absolute atomic E-state index is 11.7. The van der Waals surface area contributed by atoms with Gasteiger partial charge in [-0.2, -0.15) is 0 Å². The van der Waals surface area contributed by atoms with Crippen molar-refractivity contribution in [1.82, 2.24) is 10.3 Å². The van der Waals surface area contributed by atoms with E-state index in [-0.39, 0.29) is 0 Å². The largest absolute Gasteiger partial charge is 0.480 e. The van der Waals surface area contributed by atoms with E-state index in [1.54, 1.807) is 0 Å². The van der Waals surface area contributed by atoms with Crippen LogP contribution in [-0.4, -0.2) is 28.6 Å². The smallest absolute Gasteiger partial charge is 0.321 e. The molecule has 0 saturated carbocycles. The number of hydrogen-bond acceptors (Lipinski definition) is 2. The van der Waals surface area contributed by atoms with Crippen LogP contribution in [0.25, 0.3) is 10.9 Å². The minimum absolute atomic E-state index is 0.512. The van der Waals surface area contributed by atoms with E-state index in [1.165, 1.54) is 109 Å². The second-order valence-electron chi connectivity index (χ2n) is 10.4. The summed E-state index contributed by atoms with van der Waals surface area (Å²) >= 11 is 0. The van der Waals surface area contributed by atoms with Crippen molar-refractivity contribution in [3.05, 3.63) is 36.0 Å². The van der Waals surface area contributed by atoms with Crippen LogP contribution in [0.5, 0.6) is 0 Å². The third kappa shape index (κ3) is 13.2. The Morgan fingerprint density at radius 2 is 1.26 bits per heavy atom. The van der Waals surface area contributed by atoms with E-state index in [2.05, 4.69) is 23.3 Å². The average Bonchev–Trinajstić information content (AvgIpc) is 3.27. The monoisotopic (exact) mass is 484 g/mol. The van der Waals surface area contributed by atoms with Gasteiger partial charge in [0.2, 0.25) is 0 Å². The summed E-state index contributed by atoms with van der Waals surface area (Å²) in [5.74, 6) is -0.766. The van der Waals surface area contributed by atoms with Crippen molar-refractivity contribution in [2.45, 2.75) is 135 Å². The molecule has 198 valence electrons. The molecule has 4 nitrogen and oxygen atoms in total. The maximum atomic E-state index is 11.7. The van der Waals surface area contributed by atoms with E-state index in [0.29, 0.717) is 6.42 Å². The van der Waals surface area contributed by atoms with Gasteiger partial charge in [0.25, 0.3) is 0 Å². The fourth-order valence-electron chi connectivity index (χ4n) is 5.07. The molecule has 3 N–H and O–H groups in total. The molecule has 0 saturated heterocycles. The van der Waals surface area contributed by atoms with Crippen molar-refractivity contribution < 1.29 is 9.90 Å². The SMILES string of the molecule is CCCCCCCCCCCCCCCCCCCCN[C@@H](Cc1c[nH]c2ccccc12)C(=O)O. The molecule has 1 aromatic heterocycles. The second-order valence-corrected chi connectivity index (χ2v) is 10.4. The number of rotatable bonds is 23. The van der Waals surface area contributed by atoms with Crippen LogP contribution in [0, 0.1) is 0 Å². The lowest BCUT2D eigenvalue weighted by molar-refractivity contribution is -0.139. The summed E-state index contributed by atoms with van der Waals surface area (Å²) in [6, 6.07) is 7.55. The summed E-state index contributed by atoms with van der Waals surface area (Å²) in [6.07, 6.45) is 27.1. The summed E-state index contributed by atoms with van der Waals surface area (Å²) in [4.78, 5) is 15.0. The molecule has 0 radical (unpaired) electrons. The minimum atomic E-state index is -0.766. The summed E-state index contributed by atoms with van der Waals surface area (Å²) in [7, 11) is 0. The molecule has 0 aliphatic carbocycles. The Morgan fingerprint density at radius 3 is 1.77 bits per heavy atom. The molecule has 0 amide bonds. The molecule has 2 aromatic rings. The van der Waals surface area contributed by atoms with Crippen LogP contribution in [-0.2, 0) is 11.2 Å². The second kappa shape index (κ2) is 19.4. The van der Waals surface area contributed by atoms with Crippen LogP contribution >= 0.6 is 0 Å². The van der Waals surface area contributed by atoms with Gasteiger partial charge in [0.15, 0.2) is 0 Å². The lowest BCUT2D eigenvalue weighted by atomic mass is 10.0. The zero-order valence-electron chi connectivity index (χ0n) is 22.5. The van der Waals surface area contributed by atoms with Gasteiger partial charge >= 0.3 is 5.97 Å². The highest BCUT2D eigenvalue weighted by Gasteiger charge is 2.18. The maximum Gasteiger partial charge on any atom is 0.321 e. The Morgan fingerprint density at radius 1 is 0.771 bits per heavy atom.